The third-order valence-electron chi connectivity index (χ3n) is 2.98. The number of nitrogens with one attached hydrogen (secondary N) is 1. The molecule has 3 nitrogen and oxygen atoms in total. The number of hydrogen-bond acceptors (Lipinski definition) is 3. The van der Waals surface area contributed by atoms with E-state index in [1.54, 1.807) is 0 Å². The molecule has 1 N–H and O–H groups in total. The van der Waals surface area contributed by atoms with Crippen molar-refractivity contribution in [3.05, 3.63) is 54.9 Å². The second-order valence-electron chi connectivity index (χ2n) is 4.07. The molecule has 18 heavy (non-hydrogen) atoms. The number of rotatable bonds is 2. The molecule has 0 atom stereocenters. The van der Waals surface area contributed by atoms with Crippen LogP contribution in [0.15, 0.2) is 54.9 Å². The van der Waals surface area contributed by atoms with E-state index in [1.807, 2.05) is 25.5 Å². The molecule has 1 aromatic heterocycles. The fraction of sp³-hybridized carbons (Fsp3) is 0.0667. The van der Waals surface area contributed by atoms with E-state index in [4.69, 9.17) is 0 Å². The summed E-state index contributed by atoms with van der Waals surface area (Å²) < 4.78 is 0. The number of benzene rings is 2. The lowest BCUT2D eigenvalue weighted by atomic mass is 10.0. The predicted octanol–water partition coefficient (Wildman–Crippen LogP) is 3.34. The lowest BCUT2D eigenvalue weighted by molar-refractivity contribution is 1.15. The van der Waals surface area contributed by atoms with E-state index in [0.29, 0.717) is 5.95 Å². The monoisotopic (exact) mass is 235 g/mol. The van der Waals surface area contributed by atoms with Gasteiger partial charge in [0, 0.05) is 25.0 Å². The summed E-state index contributed by atoms with van der Waals surface area (Å²) >= 11 is 0. The van der Waals surface area contributed by atoms with E-state index in [1.165, 1.54) is 10.8 Å². The summed E-state index contributed by atoms with van der Waals surface area (Å²) in [5.41, 5.74) is 2.20. The summed E-state index contributed by atoms with van der Waals surface area (Å²) in [5, 5.41) is 5.37. The zero-order chi connectivity index (χ0) is 12.4. The van der Waals surface area contributed by atoms with Crippen LogP contribution in [-0.4, -0.2) is 17.0 Å². The molecular weight excluding hydrogens is 222 g/mol. The van der Waals surface area contributed by atoms with Crippen molar-refractivity contribution in [1.29, 1.82) is 0 Å². The minimum absolute atomic E-state index is 0.638. The van der Waals surface area contributed by atoms with Gasteiger partial charge in [0.2, 0.25) is 5.95 Å². The molecule has 2 aromatic carbocycles. The van der Waals surface area contributed by atoms with E-state index >= 15 is 0 Å². The minimum atomic E-state index is 0.638. The first-order valence-corrected chi connectivity index (χ1v) is 5.86. The highest BCUT2D eigenvalue weighted by Gasteiger charge is 2.04. The minimum Gasteiger partial charge on any atom is -0.357 e. The van der Waals surface area contributed by atoms with Crippen LogP contribution < -0.4 is 5.32 Å². The maximum atomic E-state index is 4.26. The Balaban J connectivity index is 2.18. The Morgan fingerprint density at radius 2 is 1.61 bits per heavy atom. The highest BCUT2D eigenvalue weighted by molar-refractivity contribution is 5.96. The van der Waals surface area contributed by atoms with Gasteiger partial charge in [-0.25, -0.2) is 9.97 Å². The van der Waals surface area contributed by atoms with Crippen LogP contribution in [0.2, 0.25) is 0 Å². The second-order valence-corrected chi connectivity index (χ2v) is 4.07. The SMILES string of the molecule is CNc1ncc(-c2cccc3ccccc23)cn1. The van der Waals surface area contributed by atoms with Crippen molar-refractivity contribution in [2.75, 3.05) is 12.4 Å². The molecule has 0 bridgehead atoms. The van der Waals surface area contributed by atoms with Gasteiger partial charge in [0.1, 0.15) is 0 Å². The van der Waals surface area contributed by atoms with Crippen molar-refractivity contribution >= 4 is 16.7 Å². The average Bonchev–Trinajstić information content (AvgIpc) is 2.47. The topological polar surface area (TPSA) is 37.8 Å². The third kappa shape index (κ3) is 1.80. The van der Waals surface area contributed by atoms with Crippen LogP contribution in [0.1, 0.15) is 0 Å². The van der Waals surface area contributed by atoms with E-state index in [9.17, 15) is 0 Å². The largest absolute Gasteiger partial charge is 0.357 e. The zero-order valence-corrected chi connectivity index (χ0v) is 10.1. The van der Waals surface area contributed by atoms with E-state index in [2.05, 4.69) is 51.7 Å². The predicted molar refractivity (Wildman–Crippen MR) is 74.5 cm³/mol. The molecule has 3 rings (SSSR count). The van der Waals surface area contributed by atoms with Crippen molar-refractivity contribution in [3.63, 3.8) is 0 Å². The molecule has 0 aliphatic rings. The van der Waals surface area contributed by atoms with E-state index in [-0.39, 0.29) is 0 Å². The Morgan fingerprint density at radius 3 is 2.39 bits per heavy atom. The molecule has 1 heterocycles. The van der Waals surface area contributed by atoms with Crippen LogP contribution in [0.5, 0.6) is 0 Å². The molecule has 0 spiro atoms. The van der Waals surface area contributed by atoms with Crippen LogP contribution >= 0.6 is 0 Å². The van der Waals surface area contributed by atoms with Crippen molar-refractivity contribution in [2.24, 2.45) is 0 Å². The van der Waals surface area contributed by atoms with Gasteiger partial charge in [-0.05, 0) is 16.3 Å². The number of fused-ring (bicyclic) bond motifs is 1. The van der Waals surface area contributed by atoms with Crippen molar-refractivity contribution < 1.29 is 0 Å². The maximum absolute atomic E-state index is 4.26. The fourth-order valence-corrected chi connectivity index (χ4v) is 2.07. The molecule has 3 aromatic rings. The van der Waals surface area contributed by atoms with Gasteiger partial charge in [-0.1, -0.05) is 42.5 Å². The number of hydrogen-bond donors (Lipinski definition) is 1. The van der Waals surface area contributed by atoms with Gasteiger partial charge < -0.3 is 5.32 Å². The highest BCUT2D eigenvalue weighted by Crippen LogP contribution is 2.27. The van der Waals surface area contributed by atoms with Gasteiger partial charge >= 0.3 is 0 Å². The normalized spacial score (nSPS) is 10.5. The number of aromatic nitrogens is 2. The number of nitrogens with zero attached hydrogens (tertiary/aromatic N) is 2. The van der Waals surface area contributed by atoms with Gasteiger partial charge in [-0.15, -0.1) is 0 Å². The van der Waals surface area contributed by atoms with Crippen LogP contribution in [0.4, 0.5) is 5.95 Å². The standard InChI is InChI=1S/C15H13N3/c1-16-15-17-9-12(10-18-15)14-8-4-6-11-5-2-3-7-13(11)14/h2-10H,1H3,(H,16,17,18). The van der Waals surface area contributed by atoms with Crippen molar-refractivity contribution in [3.8, 4) is 11.1 Å². The molecule has 0 amide bonds. The van der Waals surface area contributed by atoms with E-state index in [0.717, 1.165) is 11.1 Å². The van der Waals surface area contributed by atoms with Gasteiger partial charge in [-0.2, -0.15) is 0 Å². The molecule has 88 valence electrons. The summed E-state index contributed by atoms with van der Waals surface area (Å²) in [5.74, 6) is 0.638. The van der Waals surface area contributed by atoms with Gasteiger partial charge in [0.05, 0.1) is 0 Å². The Bertz CT molecular complexity index is 669. The van der Waals surface area contributed by atoms with Crippen molar-refractivity contribution in [2.45, 2.75) is 0 Å². The second kappa shape index (κ2) is 4.45. The Kier molecular flexibility index (Phi) is 2.65. The molecule has 0 unspecified atom stereocenters. The molecule has 3 heteroatoms. The molecule has 0 saturated heterocycles. The zero-order valence-electron chi connectivity index (χ0n) is 10.1. The third-order valence-corrected chi connectivity index (χ3v) is 2.98. The summed E-state index contributed by atoms with van der Waals surface area (Å²) in [6.45, 7) is 0. The van der Waals surface area contributed by atoms with Gasteiger partial charge in [0.15, 0.2) is 0 Å². The first-order chi connectivity index (χ1) is 8.88. The molecule has 0 aliphatic carbocycles. The summed E-state index contributed by atoms with van der Waals surface area (Å²) in [6, 6.07) is 14.6. The molecule has 0 fully saturated rings. The smallest absolute Gasteiger partial charge is 0.222 e. The molecule has 0 aliphatic heterocycles. The highest BCUT2D eigenvalue weighted by atomic mass is 15.1. The van der Waals surface area contributed by atoms with Crippen LogP contribution in [0, 0.1) is 0 Å². The van der Waals surface area contributed by atoms with E-state index < -0.39 is 0 Å². The lowest BCUT2D eigenvalue weighted by Gasteiger charge is -2.06. The summed E-state index contributed by atoms with van der Waals surface area (Å²) in [7, 11) is 1.81. The summed E-state index contributed by atoms with van der Waals surface area (Å²) in [6.07, 6.45) is 3.70. The first kappa shape index (κ1) is 10.7. The van der Waals surface area contributed by atoms with Crippen molar-refractivity contribution in [1.82, 2.24) is 9.97 Å². The first-order valence-electron chi connectivity index (χ1n) is 5.86. The van der Waals surface area contributed by atoms with Crippen LogP contribution in [0.3, 0.4) is 0 Å². The van der Waals surface area contributed by atoms with Crippen LogP contribution in [0.25, 0.3) is 21.9 Å². The molecule has 0 saturated carbocycles. The Morgan fingerprint density at radius 1 is 0.889 bits per heavy atom. The average molecular weight is 235 g/mol. The molecular formula is C15H13N3. The Labute approximate surface area is 106 Å². The Hall–Kier alpha value is -2.42. The van der Waals surface area contributed by atoms with Gasteiger partial charge in [0.25, 0.3) is 0 Å². The lowest BCUT2D eigenvalue weighted by Crippen LogP contribution is -1.95. The quantitative estimate of drug-likeness (QED) is 0.740. The maximum Gasteiger partial charge on any atom is 0.222 e. The molecule has 0 radical (unpaired) electrons. The number of anilines is 1. The van der Waals surface area contributed by atoms with Crippen LogP contribution in [-0.2, 0) is 0 Å². The fourth-order valence-electron chi connectivity index (χ4n) is 2.07. The summed E-state index contributed by atoms with van der Waals surface area (Å²) in [4.78, 5) is 8.52. The van der Waals surface area contributed by atoms with Gasteiger partial charge in [-0.3, -0.25) is 0 Å².